The van der Waals surface area contributed by atoms with Crippen molar-refractivity contribution in [2.24, 2.45) is 0 Å². The summed E-state index contributed by atoms with van der Waals surface area (Å²) in [6, 6.07) is 11.7. The molecule has 2 atom stereocenters. The van der Waals surface area contributed by atoms with E-state index in [0.717, 1.165) is 5.56 Å². The van der Waals surface area contributed by atoms with Gasteiger partial charge in [0.1, 0.15) is 17.5 Å². The SMILES string of the molecule is CC1(C)Oc2ccc(-c3c(NCCO)c(=O)c3=O)cc2C(N2Cc3ccccc3C2=O)C1O. The highest BCUT2D eigenvalue weighted by molar-refractivity contribution is 5.98. The van der Waals surface area contributed by atoms with Crippen LogP contribution in [0.2, 0.25) is 0 Å². The van der Waals surface area contributed by atoms with Crippen molar-refractivity contribution in [3.8, 4) is 16.9 Å². The van der Waals surface area contributed by atoms with Gasteiger partial charge in [-0.05, 0) is 43.2 Å². The summed E-state index contributed by atoms with van der Waals surface area (Å²) < 4.78 is 6.06. The van der Waals surface area contributed by atoms with Gasteiger partial charge in [0.2, 0.25) is 10.9 Å². The summed E-state index contributed by atoms with van der Waals surface area (Å²) in [5, 5.41) is 23.1. The minimum atomic E-state index is -1.03. The molecule has 1 amide bonds. The first kappa shape index (κ1) is 21.4. The zero-order valence-corrected chi connectivity index (χ0v) is 18.3. The van der Waals surface area contributed by atoms with Gasteiger partial charge in [-0.1, -0.05) is 24.3 Å². The van der Waals surface area contributed by atoms with Gasteiger partial charge in [0, 0.05) is 24.2 Å². The average Bonchev–Trinajstić information content (AvgIpc) is 3.13. The number of anilines is 1. The fourth-order valence-electron chi connectivity index (χ4n) is 4.78. The molecule has 3 aromatic carbocycles. The van der Waals surface area contributed by atoms with Gasteiger partial charge >= 0.3 is 0 Å². The molecule has 5 rings (SSSR count). The molecule has 3 N–H and O–H groups in total. The monoisotopic (exact) mass is 448 g/mol. The molecule has 2 heterocycles. The van der Waals surface area contributed by atoms with Crippen molar-refractivity contribution in [1.82, 2.24) is 4.90 Å². The fraction of sp³-hybridized carbons (Fsp3) is 0.320. The molecule has 0 bridgehead atoms. The summed E-state index contributed by atoms with van der Waals surface area (Å²) in [5.41, 5.74) is 0.732. The molecule has 0 saturated carbocycles. The minimum absolute atomic E-state index is 0.141. The molecule has 0 saturated heterocycles. The second kappa shape index (κ2) is 7.54. The number of aliphatic hydroxyl groups excluding tert-OH is 2. The summed E-state index contributed by atoms with van der Waals surface area (Å²) in [5.74, 6) is 0.328. The number of hydrogen-bond acceptors (Lipinski definition) is 7. The van der Waals surface area contributed by atoms with Crippen LogP contribution in [0.1, 0.15) is 41.4 Å². The lowest BCUT2D eigenvalue weighted by Gasteiger charge is -2.45. The quantitative estimate of drug-likeness (QED) is 0.508. The van der Waals surface area contributed by atoms with Crippen molar-refractivity contribution < 1.29 is 19.7 Å². The first-order chi connectivity index (χ1) is 15.7. The van der Waals surface area contributed by atoms with Crippen LogP contribution < -0.4 is 20.9 Å². The maximum atomic E-state index is 13.2. The van der Waals surface area contributed by atoms with Gasteiger partial charge < -0.3 is 25.2 Å². The van der Waals surface area contributed by atoms with Crippen LogP contribution in [-0.4, -0.2) is 45.9 Å². The van der Waals surface area contributed by atoms with E-state index in [9.17, 15) is 19.5 Å². The largest absolute Gasteiger partial charge is 0.485 e. The third-order valence-electron chi connectivity index (χ3n) is 6.51. The van der Waals surface area contributed by atoms with Crippen molar-refractivity contribution in [2.45, 2.75) is 38.1 Å². The number of ether oxygens (including phenoxy) is 1. The second-order valence-electron chi connectivity index (χ2n) is 9.00. The molecule has 0 aromatic heterocycles. The second-order valence-corrected chi connectivity index (χ2v) is 9.00. The number of rotatable bonds is 5. The van der Waals surface area contributed by atoms with E-state index in [2.05, 4.69) is 5.32 Å². The molecule has 8 nitrogen and oxygen atoms in total. The Balaban J connectivity index is 1.61. The van der Waals surface area contributed by atoms with Crippen LogP contribution in [0.15, 0.2) is 52.1 Å². The Kier molecular flexibility index (Phi) is 4.88. The van der Waals surface area contributed by atoms with E-state index in [0.29, 0.717) is 29.0 Å². The Labute approximate surface area is 189 Å². The summed E-state index contributed by atoms with van der Waals surface area (Å²) in [4.78, 5) is 39.3. The molecule has 2 unspecified atom stereocenters. The number of amides is 1. The predicted molar refractivity (Wildman–Crippen MR) is 122 cm³/mol. The summed E-state index contributed by atoms with van der Waals surface area (Å²) in [7, 11) is 0. The van der Waals surface area contributed by atoms with Crippen molar-refractivity contribution in [2.75, 3.05) is 18.5 Å². The van der Waals surface area contributed by atoms with Crippen molar-refractivity contribution in [1.29, 1.82) is 0 Å². The highest BCUT2D eigenvalue weighted by Gasteiger charge is 2.48. The number of fused-ring (bicyclic) bond motifs is 2. The van der Waals surface area contributed by atoms with Gasteiger partial charge in [-0.15, -0.1) is 0 Å². The Morgan fingerprint density at radius 2 is 1.88 bits per heavy atom. The van der Waals surface area contributed by atoms with Crippen LogP contribution in [0.4, 0.5) is 5.69 Å². The number of nitrogens with zero attached hydrogens (tertiary/aromatic N) is 1. The van der Waals surface area contributed by atoms with E-state index < -0.39 is 28.6 Å². The molecule has 170 valence electrons. The molecular formula is C25H24N2O6. The van der Waals surface area contributed by atoms with Crippen molar-refractivity contribution in [3.63, 3.8) is 0 Å². The molecular weight excluding hydrogens is 424 g/mol. The van der Waals surface area contributed by atoms with E-state index in [1.807, 2.05) is 18.2 Å². The van der Waals surface area contributed by atoms with Crippen LogP contribution in [0.5, 0.6) is 5.75 Å². The van der Waals surface area contributed by atoms with Gasteiger partial charge in [-0.3, -0.25) is 14.4 Å². The third-order valence-corrected chi connectivity index (χ3v) is 6.51. The number of nitrogens with one attached hydrogen (secondary N) is 1. The van der Waals surface area contributed by atoms with Gasteiger partial charge in [0.05, 0.1) is 23.9 Å². The summed E-state index contributed by atoms with van der Waals surface area (Å²) >= 11 is 0. The number of benzene rings is 2. The number of carbonyl (C=O) groups excluding carboxylic acids is 1. The maximum absolute atomic E-state index is 13.2. The van der Waals surface area contributed by atoms with E-state index in [-0.39, 0.29) is 30.3 Å². The minimum Gasteiger partial charge on any atom is -0.485 e. The molecule has 0 fully saturated rings. The topological polar surface area (TPSA) is 116 Å². The smallest absolute Gasteiger partial charge is 0.255 e. The zero-order valence-electron chi connectivity index (χ0n) is 18.3. The lowest BCUT2D eigenvalue weighted by atomic mass is 9.84. The van der Waals surface area contributed by atoms with E-state index in [4.69, 9.17) is 9.84 Å². The van der Waals surface area contributed by atoms with Crippen LogP contribution in [-0.2, 0) is 6.54 Å². The first-order valence-corrected chi connectivity index (χ1v) is 10.8. The number of aliphatic hydroxyl groups is 2. The lowest BCUT2D eigenvalue weighted by molar-refractivity contribution is -0.0867. The third kappa shape index (κ3) is 3.17. The van der Waals surface area contributed by atoms with Gasteiger partial charge in [0.25, 0.3) is 5.91 Å². The van der Waals surface area contributed by atoms with Crippen LogP contribution in [0.25, 0.3) is 11.1 Å². The number of hydrogen-bond donors (Lipinski definition) is 3. The van der Waals surface area contributed by atoms with E-state index in [1.54, 1.807) is 43.0 Å². The lowest BCUT2D eigenvalue weighted by Crippen LogP contribution is -2.53. The average molecular weight is 448 g/mol. The van der Waals surface area contributed by atoms with Gasteiger partial charge in [-0.2, -0.15) is 0 Å². The van der Waals surface area contributed by atoms with Gasteiger partial charge in [-0.25, -0.2) is 0 Å². The molecule has 0 radical (unpaired) electrons. The maximum Gasteiger partial charge on any atom is 0.255 e. The molecule has 2 aliphatic heterocycles. The summed E-state index contributed by atoms with van der Waals surface area (Å²) in [6.07, 6.45) is -1.03. The molecule has 0 aliphatic carbocycles. The summed E-state index contributed by atoms with van der Waals surface area (Å²) in [6.45, 7) is 3.84. The van der Waals surface area contributed by atoms with Crippen LogP contribution in [0.3, 0.4) is 0 Å². The molecule has 3 aromatic rings. The number of carbonyl (C=O) groups is 1. The Morgan fingerprint density at radius 1 is 1.12 bits per heavy atom. The van der Waals surface area contributed by atoms with E-state index >= 15 is 0 Å². The van der Waals surface area contributed by atoms with E-state index in [1.165, 1.54) is 0 Å². The Bertz CT molecular complexity index is 1340. The first-order valence-electron chi connectivity index (χ1n) is 10.8. The van der Waals surface area contributed by atoms with Crippen molar-refractivity contribution in [3.05, 3.63) is 79.6 Å². The Morgan fingerprint density at radius 3 is 2.61 bits per heavy atom. The normalized spacial score (nSPS) is 21.0. The standard InChI is InChI=1S/C25H24N2O6/c1-25(2)23(31)20(27-12-14-5-3-4-6-15(14)24(27)32)16-11-13(7-8-17(16)33-25)18-19(26-9-10-28)22(30)21(18)29/h3-8,11,20,23,26,28,31H,9-10,12H2,1-2H3. The molecule has 0 spiro atoms. The molecule has 8 heteroatoms. The van der Waals surface area contributed by atoms with Crippen molar-refractivity contribution >= 4 is 11.6 Å². The zero-order chi connectivity index (χ0) is 23.5. The predicted octanol–water partition coefficient (Wildman–Crippen LogP) is 1.58. The molecule has 2 aliphatic rings. The highest BCUT2D eigenvalue weighted by Crippen LogP contribution is 2.46. The Hall–Kier alpha value is -3.49. The fourth-order valence-corrected chi connectivity index (χ4v) is 4.78. The van der Waals surface area contributed by atoms with Gasteiger partial charge in [0.15, 0.2) is 0 Å². The molecule has 33 heavy (non-hydrogen) atoms. The van der Waals surface area contributed by atoms with Crippen LogP contribution >= 0.6 is 0 Å². The van der Waals surface area contributed by atoms with Crippen LogP contribution in [0, 0.1) is 0 Å². The highest BCUT2D eigenvalue weighted by atomic mass is 16.5.